The summed E-state index contributed by atoms with van der Waals surface area (Å²) in [6, 6.07) is 5.56. The second-order valence-electron chi connectivity index (χ2n) is 9.16. The maximum absolute atomic E-state index is 11.4. The summed E-state index contributed by atoms with van der Waals surface area (Å²) >= 11 is 0. The lowest BCUT2D eigenvalue weighted by Crippen LogP contribution is -2.61. The van der Waals surface area contributed by atoms with Crippen LogP contribution >= 0.6 is 0 Å². The Morgan fingerprint density at radius 3 is 2.74 bits per heavy atom. The number of aliphatic hydroxyl groups excluding tert-OH is 3. The molecule has 1 saturated heterocycles. The molecule has 34 heavy (non-hydrogen) atoms. The molecule has 9 nitrogen and oxygen atoms in total. The fourth-order valence-electron chi connectivity index (χ4n) is 4.48. The first-order chi connectivity index (χ1) is 16.2. The summed E-state index contributed by atoms with van der Waals surface area (Å²) in [6.07, 6.45) is 3.01. The molecule has 4 rings (SSSR count). The van der Waals surface area contributed by atoms with Crippen LogP contribution in [-0.2, 0) is 9.53 Å². The number of aliphatic hydroxyl groups is 3. The van der Waals surface area contributed by atoms with Gasteiger partial charge in [0, 0.05) is 17.3 Å². The highest BCUT2D eigenvalue weighted by molar-refractivity contribution is 5.81. The van der Waals surface area contributed by atoms with E-state index in [-0.39, 0.29) is 6.04 Å². The van der Waals surface area contributed by atoms with Crippen molar-refractivity contribution in [2.45, 2.75) is 56.0 Å². The van der Waals surface area contributed by atoms with Crippen LogP contribution in [0.2, 0.25) is 0 Å². The summed E-state index contributed by atoms with van der Waals surface area (Å²) in [5.74, 6) is -1.11. The molecule has 2 unspecified atom stereocenters. The van der Waals surface area contributed by atoms with E-state index in [1.807, 2.05) is 6.07 Å². The van der Waals surface area contributed by atoms with E-state index in [1.54, 1.807) is 12.1 Å². The van der Waals surface area contributed by atoms with Gasteiger partial charge < -0.3 is 40.1 Å². The number of carboxylic acids is 1. The number of hydrogen-bond donors (Lipinski definition) is 5. The number of carbonyl (C=O) groups is 1. The van der Waals surface area contributed by atoms with Gasteiger partial charge in [-0.2, -0.15) is 0 Å². The number of anilines is 1. The van der Waals surface area contributed by atoms with E-state index in [0.29, 0.717) is 5.75 Å². The number of fused-ring (bicyclic) bond motifs is 2. The Balaban J connectivity index is 1.59. The predicted molar refractivity (Wildman–Crippen MR) is 126 cm³/mol. The number of nitrogens with zero attached hydrogens (tertiary/aromatic N) is 1. The van der Waals surface area contributed by atoms with Crippen molar-refractivity contribution < 1.29 is 34.7 Å². The van der Waals surface area contributed by atoms with E-state index in [4.69, 9.17) is 9.47 Å². The SMILES string of the molecule is CN(C)CCCC1=CC2=CC=CCC2Nc2cc(OC3O[C@H](C(=O)O)[C@@H](O)[C@H](O)[C@H]3O)ccc21. The minimum atomic E-state index is -1.76. The number of carboxylic acid groups (broad SMARTS) is 1. The Labute approximate surface area is 198 Å². The van der Waals surface area contributed by atoms with Gasteiger partial charge in [-0.3, -0.25) is 0 Å². The van der Waals surface area contributed by atoms with Gasteiger partial charge in [-0.05, 0) is 63.2 Å². The van der Waals surface area contributed by atoms with Gasteiger partial charge in [-0.15, -0.1) is 0 Å². The van der Waals surface area contributed by atoms with Gasteiger partial charge in [0.1, 0.15) is 24.1 Å². The summed E-state index contributed by atoms with van der Waals surface area (Å²) in [6.45, 7) is 0.972. The Morgan fingerprint density at radius 1 is 1.21 bits per heavy atom. The third kappa shape index (κ3) is 5.18. The molecule has 184 valence electrons. The van der Waals surface area contributed by atoms with Gasteiger partial charge in [-0.1, -0.05) is 24.3 Å². The van der Waals surface area contributed by atoms with E-state index >= 15 is 0 Å². The van der Waals surface area contributed by atoms with Crippen molar-refractivity contribution in [3.05, 3.63) is 53.6 Å². The molecule has 3 aliphatic rings. The first-order valence-electron chi connectivity index (χ1n) is 11.5. The fourth-order valence-corrected chi connectivity index (χ4v) is 4.48. The molecular formula is C25H32N2O7. The lowest BCUT2D eigenvalue weighted by molar-refractivity contribution is -0.271. The van der Waals surface area contributed by atoms with Crippen molar-refractivity contribution in [1.82, 2.24) is 4.90 Å². The van der Waals surface area contributed by atoms with Gasteiger partial charge in [0.05, 0.1) is 6.04 Å². The van der Waals surface area contributed by atoms with Crippen molar-refractivity contribution >= 4 is 17.2 Å². The van der Waals surface area contributed by atoms with Crippen LogP contribution in [0.25, 0.3) is 5.57 Å². The third-order valence-electron chi connectivity index (χ3n) is 6.32. The van der Waals surface area contributed by atoms with E-state index in [9.17, 15) is 25.2 Å². The number of nitrogens with one attached hydrogen (secondary N) is 1. The first kappa shape index (κ1) is 24.4. The largest absolute Gasteiger partial charge is 0.479 e. The van der Waals surface area contributed by atoms with E-state index in [2.05, 4.69) is 48.6 Å². The minimum Gasteiger partial charge on any atom is -0.479 e. The second-order valence-corrected chi connectivity index (χ2v) is 9.16. The lowest BCUT2D eigenvalue weighted by Gasteiger charge is -2.38. The van der Waals surface area contributed by atoms with Crippen molar-refractivity contribution in [2.75, 3.05) is 26.0 Å². The lowest BCUT2D eigenvalue weighted by atomic mass is 9.95. The molecule has 0 saturated carbocycles. The Hall–Kier alpha value is -2.69. The molecule has 6 atom stereocenters. The minimum absolute atomic E-state index is 0.107. The zero-order valence-electron chi connectivity index (χ0n) is 19.3. The molecule has 1 fully saturated rings. The quantitative estimate of drug-likeness (QED) is 0.399. The van der Waals surface area contributed by atoms with Gasteiger partial charge in [0.15, 0.2) is 6.10 Å². The molecular weight excluding hydrogens is 440 g/mol. The van der Waals surface area contributed by atoms with Crippen LogP contribution in [0, 0.1) is 0 Å². The van der Waals surface area contributed by atoms with E-state index in [0.717, 1.165) is 37.1 Å². The van der Waals surface area contributed by atoms with Crippen molar-refractivity contribution in [3.63, 3.8) is 0 Å². The molecule has 0 bridgehead atoms. The highest BCUT2D eigenvalue weighted by atomic mass is 16.7. The molecule has 2 aliphatic heterocycles. The van der Waals surface area contributed by atoms with Crippen molar-refractivity contribution in [2.24, 2.45) is 0 Å². The maximum Gasteiger partial charge on any atom is 0.335 e. The van der Waals surface area contributed by atoms with Gasteiger partial charge in [0.2, 0.25) is 6.29 Å². The summed E-state index contributed by atoms with van der Waals surface area (Å²) in [4.78, 5) is 13.5. The van der Waals surface area contributed by atoms with E-state index in [1.165, 1.54) is 11.1 Å². The Bertz CT molecular complexity index is 1000. The molecule has 5 N–H and O–H groups in total. The zero-order valence-corrected chi connectivity index (χ0v) is 19.3. The molecule has 2 heterocycles. The summed E-state index contributed by atoms with van der Waals surface area (Å²) in [7, 11) is 4.11. The fraction of sp³-hybridized carbons (Fsp3) is 0.480. The molecule has 0 spiro atoms. The molecule has 9 heteroatoms. The standard InChI is InChI=1S/C25H32N2O7/c1-27(2)11-5-7-14-12-15-6-3-4-8-18(15)26-19-13-16(9-10-17(14)19)33-25-22(30)20(28)21(29)23(34-25)24(31)32/h3-4,6,9-10,12-13,18,20-23,25-26,28-30H,5,7-8,11H2,1-2H3,(H,31,32)/t18?,20-,21-,22+,23-,25?/m0/s1. The van der Waals surface area contributed by atoms with Crippen LogP contribution in [-0.4, -0.2) is 88.7 Å². The third-order valence-corrected chi connectivity index (χ3v) is 6.32. The molecule has 0 amide bonds. The van der Waals surface area contributed by atoms with Gasteiger partial charge in [0.25, 0.3) is 0 Å². The van der Waals surface area contributed by atoms with Crippen LogP contribution in [0.4, 0.5) is 5.69 Å². The average Bonchev–Trinajstić information content (AvgIpc) is 2.95. The number of aliphatic carboxylic acids is 1. The zero-order chi connectivity index (χ0) is 24.4. The molecule has 1 aliphatic carbocycles. The number of allylic oxidation sites excluding steroid dienone is 3. The number of rotatable bonds is 7. The Kier molecular flexibility index (Phi) is 7.39. The van der Waals surface area contributed by atoms with Crippen LogP contribution in [0.3, 0.4) is 0 Å². The smallest absolute Gasteiger partial charge is 0.335 e. The highest BCUT2D eigenvalue weighted by Crippen LogP contribution is 2.38. The topological polar surface area (TPSA) is 132 Å². The Morgan fingerprint density at radius 2 is 2.00 bits per heavy atom. The average molecular weight is 473 g/mol. The maximum atomic E-state index is 11.4. The molecule has 0 radical (unpaired) electrons. The van der Waals surface area contributed by atoms with Crippen LogP contribution in [0.15, 0.2) is 48.1 Å². The summed E-state index contributed by atoms with van der Waals surface area (Å²) < 4.78 is 11.0. The monoisotopic (exact) mass is 472 g/mol. The van der Waals surface area contributed by atoms with Crippen molar-refractivity contribution in [1.29, 1.82) is 0 Å². The van der Waals surface area contributed by atoms with E-state index < -0.39 is 36.7 Å². The van der Waals surface area contributed by atoms with Crippen LogP contribution in [0.5, 0.6) is 5.75 Å². The predicted octanol–water partition coefficient (Wildman–Crippen LogP) is 1.36. The van der Waals surface area contributed by atoms with Crippen molar-refractivity contribution in [3.8, 4) is 5.75 Å². The first-order valence-corrected chi connectivity index (χ1v) is 11.5. The van der Waals surface area contributed by atoms with Gasteiger partial charge in [-0.25, -0.2) is 4.79 Å². The number of benzene rings is 1. The van der Waals surface area contributed by atoms with Crippen LogP contribution < -0.4 is 10.1 Å². The van der Waals surface area contributed by atoms with Crippen LogP contribution in [0.1, 0.15) is 24.8 Å². The summed E-state index contributed by atoms with van der Waals surface area (Å²) in [5.41, 5.74) is 4.32. The molecule has 0 aromatic heterocycles. The molecule has 1 aromatic rings. The molecule has 1 aromatic carbocycles. The number of ether oxygens (including phenoxy) is 2. The number of hydrogen-bond acceptors (Lipinski definition) is 8. The van der Waals surface area contributed by atoms with Gasteiger partial charge >= 0.3 is 5.97 Å². The summed E-state index contributed by atoms with van der Waals surface area (Å²) in [5, 5.41) is 43.1. The normalized spacial score (nSPS) is 30.4. The highest BCUT2D eigenvalue weighted by Gasteiger charge is 2.48. The second kappa shape index (κ2) is 10.3.